The van der Waals surface area contributed by atoms with Crippen LogP contribution < -0.4 is 10.1 Å². The van der Waals surface area contributed by atoms with Gasteiger partial charge in [0.25, 0.3) is 0 Å². The molecular formula is C13H19ClN2O. The Labute approximate surface area is 108 Å². The second-order valence-corrected chi connectivity index (χ2v) is 4.94. The van der Waals surface area contributed by atoms with Gasteiger partial charge < -0.3 is 15.0 Å². The Hall–Kier alpha value is -0.770. The largest absolute Gasteiger partial charge is 0.496 e. The van der Waals surface area contributed by atoms with Crippen molar-refractivity contribution in [2.75, 3.05) is 33.8 Å². The first kappa shape index (κ1) is 12.7. The number of likely N-dealkylation sites (N-methyl/N-ethyl adjacent to an activating group) is 1. The Morgan fingerprint density at radius 3 is 3.06 bits per heavy atom. The number of nitrogens with zero attached hydrogens (tertiary/aromatic N) is 1. The number of halogens is 1. The van der Waals surface area contributed by atoms with Crippen LogP contribution in [0.15, 0.2) is 18.2 Å². The average Bonchev–Trinajstić information content (AvgIpc) is 2.32. The topological polar surface area (TPSA) is 24.5 Å². The summed E-state index contributed by atoms with van der Waals surface area (Å²) < 4.78 is 5.38. The molecular weight excluding hydrogens is 236 g/mol. The van der Waals surface area contributed by atoms with Crippen LogP contribution in [-0.2, 0) is 6.42 Å². The van der Waals surface area contributed by atoms with Gasteiger partial charge in [-0.15, -0.1) is 0 Å². The van der Waals surface area contributed by atoms with Crippen molar-refractivity contribution in [3.05, 3.63) is 28.8 Å². The Balaban J connectivity index is 2.13. The summed E-state index contributed by atoms with van der Waals surface area (Å²) in [6, 6.07) is 6.32. The normalized spacial score (nSPS) is 21.5. The summed E-state index contributed by atoms with van der Waals surface area (Å²) in [4.78, 5) is 2.39. The number of ether oxygens (including phenoxy) is 1. The first-order valence-electron chi connectivity index (χ1n) is 5.94. The SMILES string of the molecule is COc1ccc(Cl)cc1CC1CNCCN1C. The van der Waals surface area contributed by atoms with Crippen LogP contribution in [0.1, 0.15) is 5.56 Å². The monoisotopic (exact) mass is 254 g/mol. The van der Waals surface area contributed by atoms with E-state index in [0.29, 0.717) is 6.04 Å². The summed E-state index contributed by atoms with van der Waals surface area (Å²) in [7, 11) is 3.87. The Morgan fingerprint density at radius 2 is 2.35 bits per heavy atom. The van der Waals surface area contributed by atoms with Crippen LogP contribution in [0, 0.1) is 0 Å². The van der Waals surface area contributed by atoms with Gasteiger partial charge in [0, 0.05) is 30.7 Å². The van der Waals surface area contributed by atoms with Crippen molar-refractivity contribution >= 4 is 11.6 Å². The predicted molar refractivity (Wildman–Crippen MR) is 71.0 cm³/mol. The zero-order valence-electron chi connectivity index (χ0n) is 10.4. The zero-order valence-corrected chi connectivity index (χ0v) is 11.1. The van der Waals surface area contributed by atoms with Crippen molar-refractivity contribution in [3.8, 4) is 5.75 Å². The van der Waals surface area contributed by atoms with Gasteiger partial charge in [0.1, 0.15) is 5.75 Å². The summed E-state index contributed by atoms with van der Waals surface area (Å²) in [5.41, 5.74) is 1.18. The van der Waals surface area contributed by atoms with Crippen molar-refractivity contribution < 1.29 is 4.74 Å². The molecule has 0 amide bonds. The van der Waals surface area contributed by atoms with Crippen LogP contribution in [0.25, 0.3) is 0 Å². The van der Waals surface area contributed by atoms with E-state index in [1.165, 1.54) is 5.56 Å². The Bertz CT molecular complexity index is 384. The van der Waals surface area contributed by atoms with Crippen LogP contribution in [0.5, 0.6) is 5.75 Å². The first-order valence-corrected chi connectivity index (χ1v) is 6.32. The molecule has 0 saturated carbocycles. The highest BCUT2D eigenvalue weighted by atomic mass is 35.5. The number of benzene rings is 1. The van der Waals surface area contributed by atoms with E-state index in [9.17, 15) is 0 Å². The molecule has 1 aliphatic heterocycles. The smallest absolute Gasteiger partial charge is 0.122 e. The summed E-state index contributed by atoms with van der Waals surface area (Å²) in [5, 5.41) is 4.19. The molecule has 4 heteroatoms. The molecule has 0 spiro atoms. The van der Waals surface area contributed by atoms with Gasteiger partial charge in [0.05, 0.1) is 7.11 Å². The molecule has 0 radical (unpaired) electrons. The van der Waals surface area contributed by atoms with Crippen molar-refractivity contribution in [3.63, 3.8) is 0 Å². The lowest BCUT2D eigenvalue weighted by molar-refractivity contribution is 0.198. The average molecular weight is 255 g/mol. The number of hydrogen-bond acceptors (Lipinski definition) is 3. The molecule has 1 aromatic rings. The molecule has 2 rings (SSSR count). The highest BCUT2D eigenvalue weighted by Gasteiger charge is 2.20. The van der Waals surface area contributed by atoms with Crippen molar-refractivity contribution in [2.24, 2.45) is 0 Å². The molecule has 94 valence electrons. The maximum Gasteiger partial charge on any atom is 0.122 e. The third-order valence-corrected chi connectivity index (χ3v) is 3.58. The van der Waals surface area contributed by atoms with Gasteiger partial charge in [-0.2, -0.15) is 0 Å². The molecule has 0 aromatic heterocycles. The molecule has 1 atom stereocenters. The second-order valence-electron chi connectivity index (χ2n) is 4.50. The quantitative estimate of drug-likeness (QED) is 0.890. The van der Waals surface area contributed by atoms with Gasteiger partial charge in [-0.1, -0.05) is 11.6 Å². The third-order valence-electron chi connectivity index (χ3n) is 3.34. The number of nitrogens with one attached hydrogen (secondary N) is 1. The second kappa shape index (κ2) is 5.71. The lowest BCUT2D eigenvalue weighted by Gasteiger charge is -2.33. The molecule has 1 aromatic carbocycles. The van der Waals surface area contributed by atoms with Crippen molar-refractivity contribution in [1.29, 1.82) is 0 Å². The highest BCUT2D eigenvalue weighted by molar-refractivity contribution is 6.30. The minimum absolute atomic E-state index is 0.510. The fraction of sp³-hybridized carbons (Fsp3) is 0.538. The minimum Gasteiger partial charge on any atom is -0.496 e. The van der Waals surface area contributed by atoms with Gasteiger partial charge in [-0.3, -0.25) is 0 Å². The number of methoxy groups -OCH3 is 1. The van der Waals surface area contributed by atoms with Gasteiger partial charge in [0.15, 0.2) is 0 Å². The molecule has 1 unspecified atom stereocenters. The number of piperazine rings is 1. The summed E-state index contributed by atoms with van der Waals surface area (Å²) in [6.07, 6.45) is 0.966. The van der Waals surface area contributed by atoms with E-state index in [1.54, 1.807) is 7.11 Å². The minimum atomic E-state index is 0.510. The number of hydrogen-bond donors (Lipinski definition) is 1. The first-order chi connectivity index (χ1) is 8.20. The van der Waals surface area contributed by atoms with E-state index in [2.05, 4.69) is 17.3 Å². The van der Waals surface area contributed by atoms with Gasteiger partial charge in [0.2, 0.25) is 0 Å². The molecule has 1 aliphatic rings. The third kappa shape index (κ3) is 3.12. The molecule has 17 heavy (non-hydrogen) atoms. The van der Waals surface area contributed by atoms with E-state index in [4.69, 9.17) is 16.3 Å². The molecule has 1 fully saturated rings. The van der Waals surface area contributed by atoms with Crippen LogP contribution in [0.2, 0.25) is 5.02 Å². The number of rotatable bonds is 3. The maximum absolute atomic E-state index is 6.04. The summed E-state index contributed by atoms with van der Waals surface area (Å²) in [5.74, 6) is 0.924. The fourth-order valence-electron chi connectivity index (χ4n) is 2.25. The zero-order chi connectivity index (χ0) is 12.3. The molecule has 1 saturated heterocycles. The maximum atomic E-state index is 6.04. The van der Waals surface area contributed by atoms with Gasteiger partial charge in [-0.25, -0.2) is 0 Å². The van der Waals surface area contributed by atoms with Crippen LogP contribution in [0.3, 0.4) is 0 Å². The van der Waals surface area contributed by atoms with Gasteiger partial charge in [-0.05, 0) is 37.2 Å². The molecule has 1 N–H and O–H groups in total. The van der Waals surface area contributed by atoms with Crippen LogP contribution in [0.4, 0.5) is 0 Å². The van der Waals surface area contributed by atoms with E-state index in [0.717, 1.165) is 36.8 Å². The van der Waals surface area contributed by atoms with Gasteiger partial charge >= 0.3 is 0 Å². The molecule has 3 nitrogen and oxygen atoms in total. The lowest BCUT2D eigenvalue weighted by atomic mass is 10.0. The van der Waals surface area contributed by atoms with E-state index >= 15 is 0 Å². The van der Waals surface area contributed by atoms with E-state index in [1.807, 2.05) is 18.2 Å². The summed E-state index contributed by atoms with van der Waals surface area (Å²) >= 11 is 6.04. The van der Waals surface area contributed by atoms with Crippen molar-refractivity contribution in [2.45, 2.75) is 12.5 Å². The van der Waals surface area contributed by atoms with Crippen LogP contribution in [-0.4, -0.2) is 44.7 Å². The van der Waals surface area contributed by atoms with Crippen molar-refractivity contribution in [1.82, 2.24) is 10.2 Å². The predicted octanol–water partition coefficient (Wildman–Crippen LogP) is 1.79. The molecule has 0 bridgehead atoms. The van der Waals surface area contributed by atoms with Crippen LogP contribution >= 0.6 is 11.6 Å². The van der Waals surface area contributed by atoms with E-state index < -0.39 is 0 Å². The summed E-state index contributed by atoms with van der Waals surface area (Å²) in [6.45, 7) is 3.18. The fourth-order valence-corrected chi connectivity index (χ4v) is 2.45. The lowest BCUT2D eigenvalue weighted by Crippen LogP contribution is -2.50. The molecule has 1 heterocycles. The standard InChI is InChI=1S/C13H19ClN2O/c1-16-6-5-15-9-12(16)8-10-7-11(14)3-4-13(10)17-2/h3-4,7,12,15H,5-6,8-9H2,1-2H3. The highest BCUT2D eigenvalue weighted by Crippen LogP contribution is 2.24. The molecule has 0 aliphatic carbocycles. The Morgan fingerprint density at radius 1 is 1.53 bits per heavy atom. The Kier molecular flexibility index (Phi) is 4.26. The van der Waals surface area contributed by atoms with E-state index in [-0.39, 0.29) is 0 Å².